The number of hydrogen-bond donors (Lipinski definition) is 1. The zero-order chi connectivity index (χ0) is 11.7. The van der Waals surface area contributed by atoms with Gasteiger partial charge in [-0.15, -0.1) is 0 Å². The van der Waals surface area contributed by atoms with Crippen LogP contribution >= 0.6 is 11.6 Å². The summed E-state index contributed by atoms with van der Waals surface area (Å²) in [5, 5.41) is 0.719. The van der Waals surface area contributed by atoms with Gasteiger partial charge in [0.15, 0.2) is 0 Å². The number of anilines is 2. The van der Waals surface area contributed by atoms with Crippen LogP contribution in [0.1, 0.15) is 13.8 Å². The monoisotopic (exact) mass is 240 g/mol. The normalized spacial score (nSPS) is 25.8. The average molecular weight is 241 g/mol. The Balaban J connectivity index is 2.25. The lowest BCUT2D eigenvalue weighted by atomic mass is 10.2. The number of rotatable bonds is 1. The number of morpholine rings is 1. The van der Waals surface area contributed by atoms with Gasteiger partial charge in [0.2, 0.25) is 0 Å². The maximum Gasteiger partial charge on any atom is 0.0726 e. The van der Waals surface area contributed by atoms with Crippen LogP contribution in [0.3, 0.4) is 0 Å². The minimum atomic E-state index is 0.224. The molecule has 2 N–H and O–H groups in total. The highest BCUT2D eigenvalue weighted by atomic mass is 35.5. The van der Waals surface area contributed by atoms with E-state index in [1.165, 1.54) is 0 Å². The van der Waals surface area contributed by atoms with Gasteiger partial charge in [-0.1, -0.05) is 11.6 Å². The molecular weight excluding hydrogens is 224 g/mol. The fourth-order valence-electron chi connectivity index (χ4n) is 2.17. The molecule has 1 fully saturated rings. The Morgan fingerprint density at radius 2 is 1.94 bits per heavy atom. The van der Waals surface area contributed by atoms with Gasteiger partial charge in [-0.3, -0.25) is 0 Å². The molecule has 0 bridgehead atoms. The van der Waals surface area contributed by atoms with Gasteiger partial charge in [-0.05, 0) is 32.0 Å². The minimum Gasteiger partial charge on any atom is -0.397 e. The SMILES string of the molecule is C[C@@H]1CN(c2cc(Cl)ccc2N)C[C@H](C)O1. The van der Waals surface area contributed by atoms with Crippen LogP contribution in [0.4, 0.5) is 11.4 Å². The number of benzene rings is 1. The molecule has 0 spiro atoms. The molecule has 2 rings (SSSR count). The zero-order valence-electron chi connectivity index (χ0n) is 9.61. The molecule has 88 valence electrons. The fourth-order valence-corrected chi connectivity index (χ4v) is 2.33. The molecule has 0 aromatic heterocycles. The van der Waals surface area contributed by atoms with Gasteiger partial charge >= 0.3 is 0 Å². The van der Waals surface area contributed by atoms with Crippen LogP contribution in [0.2, 0.25) is 5.02 Å². The lowest BCUT2D eigenvalue weighted by Crippen LogP contribution is -2.45. The van der Waals surface area contributed by atoms with Gasteiger partial charge in [0.1, 0.15) is 0 Å². The molecular formula is C12H17ClN2O. The molecule has 1 aromatic carbocycles. The number of hydrogen-bond acceptors (Lipinski definition) is 3. The number of halogens is 1. The summed E-state index contributed by atoms with van der Waals surface area (Å²) in [4.78, 5) is 2.24. The van der Waals surface area contributed by atoms with Crippen molar-refractivity contribution in [3.63, 3.8) is 0 Å². The molecule has 1 aromatic rings. The second-order valence-electron chi connectivity index (χ2n) is 4.37. The van der Waals surface area contributed by atoms with E-state index >= 15 is 0 Å². The summed E-state index contributed by atoms with van der Waals surface area (Å²) < 4.78 is 5.69. The van der Waals surface area contributed by atoms with Crippen LogP contribution in [-0.4, -0.2) is 25.3 Å². The first-order valence-electron chi connectivity index (χ1n) is 5.51. The third-order valence-electron chi connectivity index (χ3n) is 2.75. The first kappa shape index (κ1) is 11.6. The largest absolute Gasteiger partial charge is 0.397 e. The van der Waals surface area contributed by atoms with E-state index in [0.717, 1.165) is 29.5 Å². The van der Waals surface area contributed by atoms with E-state index in [0.29, 0.717) is 0 Å². The quantitative estimate of drug-likeness (QED) is 0.767. The predicted octanol–water partition coefficient (Wildman–Crippen LogP) is 2.54. The van der Waals surface area contributed by atoms with Crippen LogP contribution in [0.15, 0.2) is 18.2 Å². The summed E-state index contributed by atoms with van der Waals surface area (Å²) in [6.07, 6.45) is 0.448. The maximum atomic E-state index is 6.00. The van der Waals surface area contributed by atoms with Gasteiger partial charge in [-0.2, -0.15) is 0 Å². The van der Waals surface area contributed by atoms with Gasteiger partial charge < -0.3 is 15.4 Å². The topological polar surface area (TPSA) is 38.5 Å². The van der Waals surface area contributed by atoms with Crippen molar-refractivity contribution in [2.75, 3.05) is 23.7 Å². The van der Waals surface area contributed by atoms with Crippen molar-refractivity contribution in [1.82, 2.24) is 0 Å². The lowest BCUT2D eigenvalue weighted by Gasteiger charge is -2.37. The van der Waals surface area contributed by atoms with E-state index in [1.54, 1.807) is 0 Å². The van der Waals surface area contributed by atoms with Crippen LogP contribution in [-0.2, 0) is 4.74 Å². The molecule has 1 heterocycles. The van der Waals surface area contributed by atoms with Crippen molar-refractivity contribution in [3.05, 3.63) is 23.2 Å². The van der Waals surface area contributed by atoms with E-state index < -0.39 is 0 Å². The summed E-state index contributed by atoms with van der Waals surface area (Å²) >= 11 is 6.00. The zero-order valence-corrected chi connectivity index (χ0v) is 10.4. The second kappa shape index (κ2) is 4.52. The number of nitrogens with zero attached hydrogens (tertiary/aromatic N) is 1. The van der Waals surface area contributed by atoms with E-state index in [1.807, 2.05) is 18.2 Å². The van der Waals surface area contributed by atoms with Gasteiger partial charge in [0.25, 0.3) is 0 Å². The molecule has 3 nitrogen and oxygen atoms in total. The van der Waals surface area contributed by atoms with E-state index in [2.05, 4.69) is 18.7 Å². The third kappa shape index (κ3) is 2.42. The van der Waals surface area contributed by atoms with E-state index in [4.69, 9.17) is 22.1 Å². The highest BCUT2D eigenvalue weighted by Crippen LogP contribution is 2.29. The van der Waals surface area contributed by atoms with Crippen LogP contribution in [0.25, 0.3) is 0 Å². The van der Waals surface area contributed by atoms with Crippen molar-refractivity contribution in [3.8, 4) is 0 Å². The molecule has 0 amide bonds. The molecule has 0 unspecified atom stereocenters. The first-order valence-corrected chi connectivity index (χ1v) is 5.89. The molecule has 1 aliphatic rings. The summed E-state index contributed by atoms with van der Waals surface area (Å²) in [5.41, 5.74) is 7.75. The van der Waals surface area contributed by atoms with Crippen molar-refractivity contribution in [1.29, 1.82) is 0 Å². The fraction of sp³-hybridized carbons (Fsp3) is 0.500. The Hall–Kier alpha value is -0.930. The minimum absolute atomic E-state index is 0.224. The lowest BCUT2D eigenvalue weighted by molar-refractivity contribution is -0.00517. The van der Waals surface area contributed by atoms with Crippen molar-refractivity contribution >= 4 is 23.0 Å². The highest BCUT2D eigenvalue weighted by Gasteiger charge is 2.23. The molecule has 4 heteroatoms. The van der Waals surface area contributed by atoms with Crippen molar-refractivity contribution in [2.24, 2.45) is 0 Å². The van der Waals surface area contributed by atoms with E-state index in [9.17, 15) is 0 Å². The standard InChI is InChI=1S/C12H17ClN2O/c1-8-6-15(7-9(2)16-8)12-5-10(13)3-4-11(12)14/h3-5,8-9H,6-7,14H2,1-2H3/t8-,9+. The Kier molecular flexibility index (Phi) is 3.26. The highest BCUT2D eigenvalue weighted by molar-refractivity contribution is 6.31. The van der Waals surface area contributed by atoms with Crippen molar-refractivity contribution in [2.45, 2.75) is 26.1 Å². The van der Waals surface area contributed by atoms with Crippen molar-refractivity contribution < 1.29 is 4.74 Å². The molecule has 0 aliphatic carbocycles. The summed E-state index contributed by atoms with van der Waals surface area (Å²) in [7, 11) is 0. The predicted molar refractivity (Wildman–Crippen MR) is 68.1 cm³/mol. The third-order valence-corrected chi connectivity index (χ3v) is 2.99. The number of ether oxygens (including phenoxy) is 1. The Bertz CT molecular complexity index is 373. The molecule has 16 heavy (non-hydrogen) atoms. The Morgan fingerprint density at radius 3 is 2.56 bits per heavy atom. The number of nitrogen functional groups attached to an aromatic ring is 1. The summed E-state index contributed by atoms with van der Waals surface area (Å²) in [5.74, 6) is 0. The Morgan fingerprint density at radius 1 is 1.31 bits per heavy atom. The van der Waals surface area contributed by atoms with E-state index in [-0.39, 0.29) is 12.2 Å². The molecule has 1 saturated heterocycles. The van der Waals surface area contributed by atoms with Crippen LogP contribution in [0, 0.1) is 0 Å². The smallest absolute Gasteiger partial charge is 0.0726 e. The number of nitrogens with two attached hydrogens (primary N) is 1. The summed E-state index contributed by atoms with van der Waals surface area (Å²) in [6.45, 7) is 5.86. The molecule has 0 saturated carbocycles. The molecule has 1 aliphatic heterocycles. The first-order chi connectivity index (χ1) is 7.56. The van der Waals surface area contributed by atoms with Gasteiger partial charge in [-0.25, -0.2) is 0 Å². The maximum absolute atomic E-state index is 6.00. The summed E-state index contributed by atoms with van der Waals surface area (Å²) in [6, 6.07) is 5.58. The van der Waals surface area contributed by atoms with Crippen LogP contribution < -0.4 is 10.6 Å². The average Bonchev–Trinajstić information content (AvgIpc) is 2.20. The van der Waals surface area contributed by atoms with Crippen LogP contribution in [0.5, 0.6) is 0 Å². The molecule has 2 atom stereocenters. The second-order valence-corrected chi connectivity index (χ2v) is 4.80. The van der Waals surface area contributed by atoms with Gasteiger partial charge in [0.05, 0.1) is 23.6 Å². The Labute approximate surface area is 101 Å². The molecule has 0 radical (unpaired) electrons. The van der Waals surface area contributed by atoms with Gasteiger partial charge in [0, 0.05) is 18.1 Å².